The van der Waals surface area contributed by atoms with Crippen LogP contribution in [0.4, 0.5) is 0 Å². The Kier molecular flexibility index (Phi) is 6.29. The summed E-state index contributed by atoms with van der Waals surface area (Å²) in [7, 11) is -0.871. The number of carbonyl (C=O) groups is 1. The molecule has 9 heteroatoms. The summed E-state index contributed by atoms with van der Waals surface area (Å²) in [5.74, 6) is -0.392. The standard InChI is InChI=1S/C16H15Cl2NO5S/c1-19(2)25(21,22)16-8-5-12(24-16)10-23-15(20)7-4-11-3-6-13(17)14(18)9-11/h3-9H,10H2,1-2H3/b7-4+. The van der Waals surface area contributed by atoms with E-state index >= 15 is 0 Å². The highest BCUT2D eigenvalue weighted by Crippen LogP contribution is 2.23. The van der Waals surface area contributed by atoms with Gasteiger partial charge in [-0.1, -0.05) is 29.3 Å². The van der Waals surface area contributed by atoms with Crippen molar-refractivity contribution in [3.05, 3.63) is 57.8 Å². The average Bonchev–Trinajstić information content (AvgIpc) is 3.03. The van der Waals surface area contributed by atoms with Crippen LogP contribution in [-0.2, 0) is 26.2 Å². The average molecular weight is 404 g/mol. The Labute approximate surface area is 155 Å². The van der Waals surface area contributed by atoms with Gasteiger partial charge in [0.1, 0.15) is 12.4 Å². The second kappa shape index (κ2) is 8.05. The highest BCUT2D eigenvalue weighted by Gasteiger charge is 2.21. The van der Waals surface area contributed by atoms with Gasteiger partial charge in [-0.3, -0.25) is 0 Å². The van der Waals surface area contributed by atoms with E-state index in [4.69, 9.17) is 32.4 Å². The van der Waals surface area contributed by atoms with Crippen molar-refractivity contribution in [3.8, 4) is 0 Å². The monoisotopic (exact) mass is 403 g/mol. The maximum Gasteiger partial charge on any atom is 0.331 e. The molecule has 0 amide bonds. The normalized spacial score (nSPS) is 12.0. The van der Waals surface area contributed by atoms with Crippen molar-refractivity contribution < 1.29 is 22.4 Å². The van der Waals surface area contributed by atoms with Gasteiger partial charge in [-0.15, -0.1) is 0 Å². The predicted molar refractivity (Wildman–Crippen MR) is 94.9 cm³/mol. The van der Waals surface area contributed by atoms with E-state index in [0.29, 0.717) is 15.6 Å². The molecule has 1 aromatic heterocycles. The summed E-state index contributed by atoms with van der Waals surface area (Å²) >= 11 is 11.7. The van der Waals surface area contributed by atoms with Gasteiger partial charge in [0.15, 0.2) is 0 Å². The molecule has 0 fully saturated rings. The summed E-state index contributed by atoms with van der Waals surface area (Å²) in [6.45, 7) is -0.187. The zero-order chi connectivity index (χ0) is 18.6. The van der Waals surface area contributed by atoms with Crippen molar-refractivity contribution in [3.63, 3.8) is 0 Å². The number of ether oxygens (including phenoxy) is 1. The molecule has 6 nitrogen and oxygen atoms in total. The number of carbonyl (C=O) groups excluding carboxylic acids is 1. The first-order valence-corrected chi connectivity index (χ1v) is 9.21. The summed E-state index contributed by atoms with van der Waals surface area (Å²) in [6, 6.07) is 7.67. The van der Waals surface area contributed by atoms with Gasteiger partial charge in [0.25, 0.3) is 10.0 Å². The number of benzene rings is 1. The molecule has 0 atom stereocenters. The van der Waals surface area contributed by atoms with Crippen molar-refractivity contribution in [2.45, 2.75) is 11.7 Å². The summed E-state index contributed by atoms with van der Waals surface area (Å²) in [6.07, 6.45) is 2.74. The van der Waals surface area contributed by atoms with Crippen molar-refractivity contribution in [2.75, 3.05) is 14.1 Å². The lowest BCUT2D eigenvalue weighted by Crippen LogP contribution is -2.21. The first kappa shape index (κ1) is 19.5. The minimum atomic E-state index is -3.66. The molecule has 134 valence electrons. The number of halogens is 2. The molecule has 0 unspecified atom stereocenters. The largest absolute Gasteiger partial charge is 0.454 e. The van der Waals surface area contributed by atoms with Crippen LogP contribution in [0.25, 0.3) is 6.08 Å². The number of esters is 1. The fourth-order valence-electron chi connectivity index (χ4n) is 1.73. The van der Waals surface area contributed by atoms with Crippen LogP contribution in [0.5, 0.6) is 0 Å². The van der Waals surface area contributed by atoms with Gasteiger partial charge in [0, 0.05) is 20.2 Å². The summed E-state index contributed by atoms with van der Waals surface area (Å²) in [5.41, 5.74) is 0.684. The minimum absolute atomic E-state index is 0.187. The fourth-order valence-corrected chi connectivity index (χ4v) is 2.84. The molecule has 1 heterocycles. The predicted octanol–water partition coefficient (Wildman–Crippen LogP) is 3.59. The van der Waals surface area contributed by atoms with Crippen molar-refractivity contribution in [2.24, 2.45) is 0 Å². The van der Waals surface area contributed by atoms with E-state index < -0.39 is 16.0 Å². The number of nitrogens with zero attached hydrogens (tertiary/aromatic N) is 1. The van der Waals surface area contributed by atoms with E-state index in [-0.39, 0.29) is 17.5 Å². The fraction of sp³-hybridized carbons (Fsp3) is 0.188. The number of furan rings is 1. The Morgan fingerprint density at radius 2 is 1.92 bits per heavy atom. The molecule has 2 aromatic rings. The molecule has 0 N–H and O–H groups in total. The Balaban J connectivity index is 1.95. The zero-order valence-electron chi connectivity index (χ0n) is 13.4. The van der Waals surface area contributed by atoms with Crippen LogP contribution >= 0.6 is 23.2 Å². The van der Waals surface area contributed by atoms with Crippen molar-refractivity contribution in [1.82, 2.24) is 4.31 Å². The van der Waals surface area contributed by atoms with Crippen LogP contribution in [0, 0.1) is 0 Å². The molecule has 0 saturated carbocycles. The lowest BCUT2D eigenvalue weighted by molar-refractivity contribution is -0.139. The topological polar surface area (TPSA) is 76.8 Å². The molecule has 1 aromatic carbocycles. The lowest BCUT2D eigenvalue weighted by Gasteiger charge is -2.07. The summed E-state index contributed by atoms with van der Waals surface area (Å²) in [4.78, 5) is 11.7. The molecule has 25 heavy (non-hydrogen) atoms. The molecule has 0 bridgehead atoms. The molecule has 0 spiro atoms. The number of sulfonamides is 1. The van der Waals surface area contributed by atoms with Crippen LogP contribution in [0.1, 0.15) is 11.3 Å². The first-order chi connectivity index (χ1) is 11.7. The maximum absolute atomic E-state index is 11.9. The van der Waals surface area contributed by atoms with Gasteiger partial charge < -0.3 is 9.15 Å². The van der Waals surface area contributed by atoms with Gasteiger partial charge in [0.05, 0.1) is 10.0 Å². The van der Waals surface area contributed by atoms with Crippen molar-refractivity contribution in [1.29, 1.82) is 0 Å². The van der Waals surface area contributed by atoms with E-state index in [1.165, 1.54) is 38.4 Å². The zero-order valence-corrected chi connectivity index (χ0v) is 15.7. The van der Waals surface area contributed by atoms with Gasteiger partial charge >= 0.3 is 5.97 Å². The van der Waals surface area contributed by atoms with Gasteiger partial charge in [-0.25, -0.2) is 17.5 Å². The Morgan fingerprint density at radius 3 is 2.56 bits per heavy atom. The van der Waals surface area contributed by atoms with E-state index in [1.807, 2.05) is 0 Å². The Bertz CT molecular complexity index is 903. The molecule has 0 saturated heterocycles. The molecular formula is C16H15Cl2NO5S. The Morgan fingerprint density at radius 1 is 1.20 bits per heavy atom. The highest BCUT2D eigenvalue weighted by molar-refractivity contribution is 7.88. The maximum atomic E-state index is 11.9. The number of rotatable bonds is 6. The third-order valence-electron chi connectivity index (χ3n) is 3.08. The number of hydrogen-bond donors (Lipinski definition) is 0. The summed E-state index contributed by atoms with van der Waals surface area (Å²) < 4.78 is 35.0. The molecule has 2 rings (SSSR count). The second-order valence-corrected chi connectivity index (χ2v) is 8.02. The van der Waals surface area contributed by atoms with Gasteiger partial charge in [-0.2, -0.15) is 0 Å². The highest BCUT2D eigenvalue weighted by atomic mass is 35.5. The third kappa shape index (κ3) is 5.09. The molecule has 0 radical (unpaired) electrons. The molecule has 0 aliphatic rings. The van der Waals surface area contributed by atoms with Crippen LogP contribution < -0.4 is 0 Å². The van der Waals surface area contributed by atoms with Crippen LogP contribution in [0.2, 0.25) is 10.0 Å². The van der Waals surface area contributed by atoms with E-state index in [2.05, 4.69) is 0 Å². The van der Waals surface area contributed by atoms with E-state index in [1.54, 1.807) is 18.2 Å². The molecular weight excluding hydrogens is 389 g/mol. The molecule has 0 aliphatic heterocycles. The van der Waals surface area contributed by atoms with E-state index in [0.717, 1.165) is 4.31 Å². The van der Waals surface area contributed by atoms with E-state index in [9.17, 15) is 13.2 Å². The minimum Gasteiger partial charge on any atom is -0.454 e. The third-order valence-corrected chi connectivity index (χ3v) is 5.51. The SMILES string of the molecule is CN(C)S(=O)(=O)c1ccc(COC(=O)/C=C/c2ccc(Cl)c(Cl)c2)o1. The number of hydrogen-bond acceptors (Lipinski definition) is 5. The summed E-state index contributed by atoms with van der Waals surface area (Å²) in [5, 5.41) is 0.583. The van der Waals surface area contributed by atoms with Crippen LogP contribution in [0.3, 0.4) is 0 Å². The van der Waals surface area contributed by atoms with Crippen LogP contribution in [0.15, 0.2) is 45.9 Å². The van der Waals surface area contributed by atoms with Gasteiger partial charge in [0.2, 0.25) is 5.09 Å². The van der Waals surface area contributed by atoms with Crippen molar-refractivity contribution >= 4 is 45.3 Å². The smallest absolute Gasteiger partial charge is 0.331 e. The molecule has 0 aliphatic carbocycles. The second-order valence-electron chi connectivity index (χ2n) is 5.12. The van der Waals surface area contributed by atoms with Crippen LogP contribution in [-0.4, -0.2) is 32.8 Å². The first-order valence-electron chi connectivity index (χ1n) is 7.01. The quantitative estimate of drug-likeness (QED) is 0.543. The lowest BCUT2D eigenvalue weighted by atomic mass is 10.2. The van der Waals surface area contributed by atoms with Gasteiger partial charge in [-0.05, 0) is 35.9 Å². The Hall–Kier alpha value is -1.80.